The van der Waals surface area contributed by atoms with Crippen molar-refractivity contribution in [3.8, 4) is 0 Å². The minimum Gasteiger partial charge on any atom is -0.346 e. The van der Waals surface area contributed by atoms with Gasteiger partial charge in [0.15, 0.2) is 0 Å². The van der Waals surface area contributed by atoms with Crippen molar-refractivity contribution in [1.82, 2.24) is 14.6 Å². The third-order valence-corrected chi connectivity index (χ3v) is 5.42. The highest BCUT2D eigenvalue weighted by Gasteiger charge is 2.14. The van der Waals surface area contributed by atoms with Gasteiger partial charge in [0, 0.05) is 25.9 Å². The molecule has 2 N–H and O–H groups in total. The molecule has 0 saturated heterocycles. The lowest BCUT2D eigenvalue weighted by Crippen LogP contribution is -2.24. The molecule has 0 aliphatic carbocycles. The van der Waals surface area contributed by atoms with Gasteiger partial charge >= 0.3 is 0 Å². The summed E-state index contributed by atoms with van der Waals surface area (Å²) in [5, 5.41) is 2.81. The molecule has 1 heterocycles. The number of aryl methyl sites for hydroxylation is 1. The molecule has 0 bridgehead atoms. The number of hydrogen-bond acceptors (Lipinski definition) is 4. The van der Waals surface area contributed by atoms with Gasteiger partial charge in [0.1, 0.15) is 9.92 Å². The van der Waals surface area contributed by atoms with Crippen molar-refractivity contribution in [3.05, 3.63) is 59.4 Å². The molecule has 0 fully saturated rings. The number of hydrogen-bond donors (Lipinski definition) is 2. The highest BCUT2D eigenvalue weighted by atomic mass is 32.2. The van der Waals surface area contributed by atoms with Crippen molar-refractivity contribution in [3.63, 3.8) is 0 Å². The molecule has 6 nitrogen and oxygen atoms in total. The molecule has 0 aliphatic heterocycles. The molecule has 0 aliphatic rings. The van der Waals surface area contributed by atoms with Crippen LogP contribution >= 0.6 is 0 Å². The smallest absolute Gasteiger partial charge is 0.251 e. The number of carbonyl (C=O) groups excluding carboxylic acids is 1. The molecule has 1 aromatic heterocycles. The van der Waals surface area contributed by atoms with E-state index in [1.807, 2.05) is 19.1 Å². The van der Waals surface area contributed by atoms with E-state index in [0.717, 1.165) is 11.3 Å². The van der Waals surface area contributed by atoms with E-state index in [1.165, 1.54) is 4.31 Å². The molecule has 1 amide bonds. The topological polar surface area (TPSA) is 86.1 Å². The van der Waals surface area contributed by atoms with E-state index in [0.29, 0.717) is 17.0 Å². The fourth-order valence-electron chi connectivity index (χ4n) is 1.97. The Balaban J connectivity index is 2.08. The molecule has 0 radical (unpaired) electrons. The Labute approximate surface area is 136 Å². The van der Waals surface area contributed by atoms with Crippen molar-refractivity contribution < 1.29 is 9.00 Å². The minimum absolute atomic E-state index is 0.233. The molecular weight excluding hydrogens is 312 g/mol. The minimum atomic E-state index is -2.99. The van der Waals surface area contributed by atoms with Crippen LogP contribution in [0, 0.1) is 11.7 Å². The molecule has 0 spiro atoms. The van der Waals surface area contributed by atoms with Crippen LogP contribution in [0.5, 0.6) is 0 Å². The summed E-state index contributed by atoms with van der Waals surface area (Å²) in [7, 11) is 0.188. The number of rotatable bonds is 5. The highest BCUT2D eigenvalue weighted by molar-refractivity contribution is 7.90. The largest absolute Gasteiger partial charge is 0.346 e. The highest BCUT2D eigenvalue weighted by Crippen LogP contribution is 2.15. The zero-order chi connectivity index (χ0) is 17.0. The van der Waals surface area contributed by atoms with E-state index in [1.54, 1.807) is 44.6 Å². The molecular formula is C16H20N4O2S. The van der Waals surface area contributed by atoms with Crippen molar-refractivity contribution in [1.29, 1.82) is 4.78 Å². The van der Waals surface area contributed by atoms with Crippen LogP contribution in [0.4, 0.5) is 0 Å². The number of carbonyl (C=O) groups is 1. The summed E-state index contributed by atoms with van der Waals surface area (Å²) >= 11 is 0. The molecule has 7 heteroatoms. The molecule has 0 saturated carbocycles. The maximum atomic E-state index is 12.2. The monoisotopic (exact) mass is 332 g/mol. The average Bonchev–Trinajstić information content (AvgIpc) is 2.53. The third kappa shape index (κ3) is 3.94. The van der Waals surface area contributed by atoms with E-state index >= 15 is 0 Å². The summed E-state index contributed by atoms with van der Waals surface area (Å²) in [4.78, 5) is 16.8. The standard InChI is InChI=1S/C16H20N4O2S/c1-12-5-4-10-18-15(12)11-19-16(21)13-6-8-14(9-7-13)23(17,22)20(2)3/h4-10,17H,11H2,1-3H3,(H,19,21). The Hall–Kier alpha value is -2.25. The average molecular weight is 332 g/mol. The fraction of sp³-hybridized carbons (Fsp3) is 0.250. The zero-order valence-corrected chi connectivity index (χ0v) is 14.2. The van der Waals surface area contributed by atoms with Gasteiger partial charge in [-0.25, -0.2) is 13.3 Å². The van der Waals surface area contributed by atoms with Crippen molar-refractivity contribution >= 4 is 15.8 Å². The Morgan fingerprint density at radius 3 is 2.48 bits per heavy atom. The van der Waals surface area contributed by atoms with E-state index in [9.17, 15) is 9.00 Å². The van der Waals surface area contributed by atoms with E-state index in [-0.39, 0.29) is 5.91 Å². The predicted octanol–water partition coefficient (Wildman–Crippen LogP) is 2.20. The molecule has 1 aromatic carbocycles. The second kappa shape index (κ2) is 6.89. The van der Waals surface area contributed by atoms with Crippen LogP contribution in [-0.2, 0) is 16.5 Å². The Morgan fingerprint density at radius 1 is 1.26 bits per heavy atom. The van der Waals surface area contributed by atoms with Crippen LogP contribution in [0.15, 0.2) is 47.5 Å². The Kier molecular flexibility index (Phi) is 5.12. The summed E-state index contributed by atoms with van der Waals surface area (Å²) in [5.41, 5.74) is 2.29. The SMILES string of the molecule is Cc1cccnc1CNC(=O)c1ccc(S(=N)(=O)N(C)C)cc1. The summed E-state index contributed by atoms with van der Waals surface area (Å²) in [6.07, 6.45) is 1.69. The molecule has 1 atom stereocenters. The van der Waals surface area contributed by atoms with Crippen LogP contribution < -0.4 is 5.32 Å². The van der Waals surface area contributed by atoms with Gasteiger partial charge in [0.25, 0.3) is 5.91 Å². The summed E-state index contributed by atoms with van der Waals surface area (Å²) < 4.78 is 21.4. The van der Waals surface area contributed by atoms with Crippen LogP contribution in [-0.4, -0.2) is 33.5 Å². The summed E-state index contributed by atoms with van der Waals surface area (Å²) in [5.74, 6) is -0.233. The van der Waals surface area contributed by atoms with Gasteiger partial charge in [0.05, 0.1) is 17.1 Å². The second-order valence-corrected chi connectivity index (χ2v) is 7.57. The molecule has 1 unspecified atom stereocenters. The Bertz CT molecular complexity index is 799. The normalized spacial score (nSPS) is 13.6. The number of aromatic nitrogens is 1. The lowest BCUT2D eigenvalue weighted by atomic mass is 10.2. The van der Waals surface area contributed by atoms with Crippen molar-refractivity contribution in [2.24, 2.45) is 0 Å². The molecule has 23 heavy (non-hydrogen) atoms. The summed E-state index contributed by atoms with van der Waals surface area (Å²) in [6.45, 7) is 2.29. The number of pyridine rings is 1. The predicted molar refractivity (Wildman–Crippen MR) is 89.4 cm³/mol. The van der Waals surface area contributed by atoms with Gasteiger partial charge in [-0.15, -0.1) is 0 Å². The van der Waals surface area contributed by atoms with E-state index in [4.69, 9.17) is 4.78 Å². The summed E-state index contributed by atoms with van der Waals surface area (Å²) in [6, 6.07) is 10.0. The third-order valence-electron chi connectivity index (χ3n) is 3.48. The second-order valence-electron chi connectivity index (χ2n) is 5.31. The number of amides is 1. The molecule has 2 rings (SSSR count). The van der Waals surface area contributed by atoms with E-state index in [2.05, 4.69) is 10.3 Å². The first-order chi connectivity index (χ1) is 10.8. The van der Waals surface area contributed by atoms with Crippen molar-refractivity contribution in [2.75, 3.05) is 14.1 Å². The lowest BCUT2D eigenvalue weighted by Gasteiger charge is -2.15. The number of nitrogens with zero attached hydrogens (tertiary/aromatic N) is 2. The van der Waals surface area contributed by atoms with Crippen LogP contribution in [0.2, 0.25) is 0 Å². The molecule has 122 valence electrons. The maximum Gasteiger partial charge on any atom is 0.251 e. The van der Waals surface area contributed by atoms with Crippen LogP contribution in [0.1, 0.15) is 21.6 Å². The first-order valence-electron chi connectivity index (χ1n) is 7.07. The number of nitrogens with one attached hydrogen (secondary N) is 2. The van der Waals surface area contributed by atoms with E-state index < -0.39 is 9.92 Å². The van der Waals surface area contributed by atoms with Crippen molar-refractivity contribution in [2.45, 2.75) is 18.4 Å². The van der Waals surface area contributed by atoms with Gasteiger partial charge in [-0.2, -0.15) is 0 Å². The fourth-order valence-corrected chi connectivity index (χ4v) is 2.90. The van der Waals surface area contributed by atoms with Gasteiger partial charge < -0.3 is 5.32 Å². The van der Waals surface area contributed by atoms with Gasteiger partial charge in [-0.3, -0.25) is 9.78 Å². The zero-order valence-electron chi connectivity index (χ0n) is 13.4. The van der Waals surface area contributed by atoms with Gasteiger partial charge in [-0.05, 0) is 42.8 Å². The lowest BCUT2D eigenvalue weighted by molar-refractivity contribution is 0.0950. The van der Waals surface area contributed by atoms with Crippen LogP contribution in [0.25, 0.3) is 0 Å². The Morgan fingerprint density at radius 2 is 1.91 bits per heavy atom. The van der Waals surface area contributed by atoms with Gasteiger partial charge in [0.2, 0.25) is 0 Å². The number of benzene rings is 1. The first kappa shape index (κ1) is 17.1. The van der Waals surface area contributed by atoms with Crippen LogP contribution in [0.3, 0.4) is 0 Å². The first-order valence-corrected chi connectivity index (χ1v) is 8.59. The van der Waals surface area contributed by atoms with Gasteiger partial charge in [-0.1, -0.05) is 6.07 Å². The maximum absolute atomic E-state index is 12.2. The molecule has 2 aromatic rings. The quantitative estimate of drug-likeness (QED) is 0.880.